The highest BCUT2D eigenvalue weighted by Gasteiger charge is 2.21. The van der Waals surface area contributed by atoms with Crippen LogP contribution >= 0.6 is 11.3 Å². The SMILES string of the molecule is CCNc1nnc(C(=O)N(C)C(C)CC(C)C)s1. The van der Waals surface area contributed by atoms with Crippen molar-refractivity contribution in [2.75, 3.05) is 18.9 Å². The van der Waals surface area contributed by atoms with E-state index in [9.17, 15) is 4.79 Å². The second kappa shape index (κ2) is 6.68. The number of carbonyl (C=O) groups is 1. The quantitative estimate of drug-likeness (QED) is 0.862. The fourth-order valence-corrected chi connectivity index (χ4v) is 2.52. The molecule has 0 saturated heterocycles. The van der Waals surface area contributed by atoms with Gasteiger partial charge in [-0.3, -0.25) is 4.79 Å². The minimum Gasteiger partial charge on any atom is -0.360 e. The van der Waals surface area contributed by atoms with E-state index in [-0.39, 0.29) is 11.9 Å². The van der Waals surface area contributed by atoms with Crippen LogP contribution in [0.3, 0.4) is 0 Å². The lowest BCUT2D eigenvalue weighted by molar-refractivity contribution is 0.0727. The molecule has 1 atom stereocenters. The average Bonchev–Trinajstić information content (AvgIpc) is 2.75. The molecule has 1 aromatic heterocycles. The molecule has 18 heavy (non-hydrogen) atoms. The summed E-state index contributed by atoms with van der Waals surface area (Å²) in [6.07, 6.45) is 0.987. The van der Waals surface area contributed by atoms with E-state index in [4.69, 9.17) is 0 Å². The molecule has 1 N–H and O–H groups in total. The molecule has 0 aliphatic carbocycles. The van der Waals surface area contributed by atoms with Crippen LogP contribution in [0.15, 0.2) is 0 Å². The minimum atomic E-state index is -0.0511. The molecular weight excluding hydrogens is 248 g/mol. The Morgan fingerprint density at radius 1 is 1.39 bits per heavy atom. The van der Waals surface area contributed by atoms with Gasteiger partial charge in [-0.2, -0.15) is 0 Å². The highest BCUT2D eigenvalue weighted by molar-refractivity contribution is 7.17. The fraction of sp³-hybridized carbons (Fsp3) is 0.750. The van der Waals surface area contributed by atoms with Crippen LogP contribution in [0.5, 0.6) is 0 Å². The Bertz CT molecular complexity index is 391. The number of carbonyl (C=O) groups excluding carboxylic acids is 1. The first-order valence-corrected chi connectivity index (χ1v) is 7.11. The molecule has 1 unspecified atom stereocenters. The number of rotatable bonds is 6. The van der Waals surface area contributed by atoms with E-state index in [2.05, 4.69) is 36.3 Å². The molecule has 6 heteroatoms. The number of amides is 1. The number of hydrogen-bond acceptors (Lipinski definition) is 5. The molecule has 5 nitrogen and oxygen atoms in total. The highest BCUT2D eigenvalue weighted by atomic mass is 32.1. The van der Waals surface area contributed by atoms with E-state index < -0.39 is 0 Å². The van der Waals surface area contributed by atoms with Crippen molar-refractivity contribution >= 4 is 22.4 Å². The second-order valence-electron chi connectivity index (χ2n) is 4.84. The zero-order valence-corrected chi connectivity index (χ0v) is 12.5. The normalized spacial score (nSPS) is 12.6. The fourth-order valence-electron chi connectivity index (χ4n) is 1.72. The Morgan fingerprint density at radius 2 is 2.06 bits per heavy atom. The second-order valence-corrected chi connectivity index (χ2v) is 5.81. The zero-order chi connectivity index (χ0) is 13.7. The monoisotopic (exact) mass is 270 g/mol. The average molecular weight is 270 g/mol. The Labute approximate surface area is 113 Å². The van der Waals surface area contributed by atoms with Crippen molar-refractivity contribution in [1.29, 1.82) is 0 Å². The third kappa shape index (κ3) is 3.94. The van der Waals surface area contributed by atoms with Crippen LogP contribution in [-0.4, -0.2) is 40.6 Å². The molecule has 1 aromatic rings. The first-order valence-electron chi connectivity index (χ1n) is 6.30. The van der Waals surface area contributed by atoms with Gasteiger partial charge in [0.05, 0.1) is 0 Å². The summed E-state index contributed by atoms with van der Waals surface area (Å²) >= 11 is 1.31. The maximum Gasteiger partial charge on any atom is 0.284 e. The van der Waals surface area contributed by atoms with Crippen molar-refractivity contribution in [1.82, 2.24) is 15.1 Å². The summed E-state index contributed by atoms with van der Waals surface area (Å²) < 4.78 is 0. The van der Waals surface area contributed by atoms with Gasteiger partial charge in [0.2, 0.25) is 10.1 Å². The van der Waals surface area contributed by atoms with Crippen molar-refractivity contribution < 1.29 is 4.79 Å². The van der Waals surface area contributed by atoms with Gasteiger partial charge in [-0.05, 0) is 26.2 Å². The van der Waals surface area contributed by atoms with E-state index in [1.54, 1.807) is 4.90 Å². The van der Waals surface area contributed by atoms with Crippen LogP contribution in [0.25, 0.3) is 0 Å². The molecule has 0 fully saturated rings. The number of anilines is 1. The van der Waals surface area contributed by atoms with Gasteiger partial charge in [-0.25, -0.2) is 0 Å². The number of aromatic nitrogens is 2. The van der Waals surface area contributed by atoms with Gasteiger partial charge in [-0.1, -0.05) is 25.2 Å². The minimum absolute atomic E-state index is 0.0511. The van der Waals surface area contributed by atoms with Crippen molar-refractivity contribution in [3.63, 3.8) is 0 Å². The summed E-state index contributed by atoms with van der Waals surface area (Å²) in [5.74, 6) is 0.520. The lowest BCUT2D eigenvalue weighted by Crippen LogP contribution is -2.35. The summed E-state index contributed by atoms with van der Waals surface area (Å²) in [7, 11) is 1.82. The maximum absolute atomic E-state index is 12.2. The van der Waals surface area contributed by atoms with Gasteiger partial charge in [0.15, 0.2) is 0 Å². The summed E-state index contributed by atoms with van der Waals surface area (Å²) in [4.78, 5) is 13.9. The van der Waals surface area contributed by atoms with Gasteiger partial charge in [0.25, 0.3) is 5.91 Å². The van der Waals surface area contributed by atoms with Crippen LogP contribution in [0.4, 0.5) is 5.13 Å². The van der Waals surface area contributed by atoms with Crippen LogP contribution in [0.1, 0.15) is 43.9 Å². The molecule has 0 aliphatic rings. The first kappa shape index (κ1) is 14.9. The molecular formula is C12H22N4OS. The smallest absolute Gasteiger partial charge is 0.284 e. The van der Waals surface area contributed by atoms with Crippen molar-refractivity contribution in [2.45, 2.75) is 40.2 Å². The molecule has 102 valence electrons. The Balaban J connectivity index is 2.67. The van der Waals surface area contributed by atoms with Gasteiger partial charge < -0.3 is 10.2 Å². The van der Waals surface area contributed by atoms with E-state index in [0.717, 1.165) is 13.0 Å². The van der Waals surface area contributed by atoms with Crippen molar-refractivity contribution in [2.24, 2.45) is 5.92 Å². The van der Waals surface area contributed by atoms with E-state index >= 15 is 0 Å². The van der Waals surface area contributed by atoms with Gasteiger partial charge in [0, 0.05) is 19.6 Å². The predicted octanol–water partition coefficient (Wildman–Crippen LogP) is 2.48. The topological polar surface area (TPSA) is 58.1 Å². The van der Waals surface area contributed by atoms with Crippen molar-refractivity contribution in [3.8, 4) is 0 Å². The van der Waals surface area contributed by atoms with Gasteiger partial charge in [-0.15, -0.1) is 10.2 Å². The third-order valence-corrected chi connectivity index (χ3v) is 3.60. The maximum atomic E-state index is 12.2. The van der Waals surface area contributed by atoms with Crippen LogP contribution < -0.4 is 5.32 Å². The van der Waals surface area contributed by atoms with Crippen LogP contribution in [0, 0.1) is 5.92 Å². The molecule has 0 bridgehead atoms. The standard InChI is InChI=1S/C12H22N4OS/c1-6-13-12-15-14-10(18-12)11(17)16(5)9(4)7-8(2)3/h8-9H,6-7H2,1-5H3,(H,13,15). The molecule has 0 aromatic carbocycles. The van der Waals surface area contributed by atoms with E-state index in [1.807, 2.05) is 14.0 Å². The Hall–Kier alpha value is -1.17. The van der Waals surface area contributed by atoms with Crippen LogP contribution in [0.2, 0.25) is 0 Å². The lowest BCUT2D eigenvalue weighted by Gasteiger charge is -2.25. The Kier molecular flexibility index (Phi) is 5.53. The molecule has 0 radical (unpaired) electrons. The van der Waals surface area contributed by atoms with Crippen molar-refractivity contribution in [3.05, 3.63) is 5.01 Å². The zero-order valence-electron chi connectivity index (χ0n) is 11.7. The summed E-state index contributed by atoms with van der Waals surface area (Å²) in [5, 5.41) is 12.1. The highest BCUT2D eigenvalue weighted by Crippen LogP contribution is 2.18. The third-order valence-electron chi connectivity index (χ3n) is 2.73. The summed E-state index contributed by atoms with van der Waals surface area (Å²) in [5.41, 5.74) is 0. The summed E-state index contributed by atoms with van der Waals surface area (Å²) in [6, 6.07) is 0.212. The summed E-state index contributed by atoms with van der Waals surface area (Å²) in [6.45, 7) is 9.14. The van der Waals surface area contributed by atoms with Gasteiger partial charge >= 0.3 is 0 Å². The lowest BCUT2D eigenvalue weighted by atomic mass is 10.0. The van der Waals surface area contributed by atoms with Gasteiger partial charge in [0.1, 0.15) is 0 Å². The first-order chi connectivity index (χ1) is 8.45. The Morgan fingerprint density at radius 3 is 2.61 bits per heavy atom. The molecule has 0 spiro atoms. The van der Waals surface area contributed by atoms with Crippen LogP contribution in [-0.2, 0) is 0 Å². The number of nitrogens with one attached hydrogen (secondary N) is 1. The predicted molar refractivity (Wildman–Crippen MR) is 75.1 cm³/mol. The number of nitrogens with zero attached hydrogens (tertiary/aromatic N) is 3. The number of hydrogen-bond donors (Lipinski definition) is 1. The largest absolute Gasteiger partial charge is 0.360 e. The molecule has 1 rings (SSSR count). The molecule has 0 aliphatic heterocycles. The molecule has 1 heterocycles. The van der Waals surface area contributed by atoms with E-state index in [1.165, 1.54) is 11.3 Å². The molecule has 1 amide bonds. The van der Waals surface area contributed by atoms with E-state index in [0.29, 0.717) is 16.1 Å². The molecule has 0 saturated carbocycles.